The van der Waals surface area contributed by atoms with Crippen LogP contribution in [0.4, 0.5) is 19.6 Å². The molecule has 0 radical (unpaired) electrons. The first-order valence-electron chi connectivity index (χ1n) is 9.82. The number of fused-ring (bicyclic) bond motifs is 1. The smallest absolute Gasteiger partial charge is 0.265 e. The lowest BCUT2D eigenvalue weighted by atomic mass is 10.2. The van der Waals surface area contributed by atoms with Gasteiger partial charge in [0.25, 0.3) is 5.56 Å². The molecule has 10 heteroatoms. The van der Waals surface area contributed by atoms with Crippen molar-refractivity contribution >= 4 is 44.8 Å². The van der Waals surface area contributed by atoms with Crippen LogP contribution in [0.25, 0.3) is 16.6 Å². The van der Waals surface area contributed by atoms with E-state index in [0.29, 0.717) is 43.3 Å². The van der Waals surface area contributed by atoms with Gasteiger partial charge in [-0.3, -0.25) is 9.36 Å². The van der Waals surface area contributed by atoms with Crippen LogP contribution in [0.1, 0.15) is 5.82 Å². The molecular formula is C23H15F2N5OS2. The van der Waals surface area contributed by atoms with Gasteiger partial charge in [-0.25, -0.2) is 13.8 Å². The van der Waals surface area contributed by atoms with Crippen molar-refractivity contribution in [3.05, 3.63) is 101 Å². The van der Waals surface area contributed by atoms with Crippen molar-refractivity contribution < 1.29 is 8.78 Å². The normalized spacial score (nSPS) is 11.1. The highest BCUT2D eigenvalue weighted by atomic mass is 32.2. The van der Waals surface area contributed by atoms with Crippen LogP contribution in [0.15, 0.2) is 81.9 Å². The molecule has 0 aliphatic carbocycles. The summed E-state index contributed by atoms with van der Waals surface area (Å²) in [7, 11) is 0. The average molecular weight is 480 g/mol. The van der Waals surface area contributed by atoms with Crippen LogP contribution in [0.3, 0.4) is 0 Å². The van der Waals surface area contributed by atoms with Gasteiger partial charge in [0.05, 0.1) is 22.3 Å². The molecule has 0 saturated carbocycles. The number of hydrogen-bond acceptors (Lipinski definition) is 7. The molecule has 6 nitrogen and oxygen atoms in total. The maximum atomic E-state index is 13.5. The van der Waals surface area contributed by atoms with E-state index in [-0.39, 0.29) is 17.2 Å². The highest BCUT2D eigenvalue weighted by molar-refractivity contribution is 8.00. The van der Waals surface area contributed by atoms with Crippen molar-refractivity contribution in [3.63, 3.8) is 0 Å². The third kappa shape index (κ3) is 4.62. The molecule has 2 heterocycles. The number of benzene rings is 3. The SMILES string of the molecule is O=c1c2ccccc2nc(CSc2nnc(Nc3ccc(F)cc3)s2)n1-c1ccc(F)cc1. The summed E-state index contributed by atoms with van der Waals surface area (Å²) in [5, 5.41) is 12.4. The lowest BCUT2D eigenvalue weighted by Crippen LogP contribution is -2.23. The van der Waals surface area contributed by atoms with Gasteiger partial charge in [-0.1, -0.05) is 35.2 Å². The number of halogens is 2. The first-order chi connectivity index (χ1) is 16.1. The third-order valence-corrected chi connectivity index (χ3v) is 6.72. The zero-order valence-electron chi connectivity index (χ0n) is 16.9. The van der Waals surface area contributed by atoms with E-state index < -0.39 is 0 Å². The van der Waals surface area contributed by atoms with E-state index in [1.807, 2.05) is 6.07 Å². The van der Waals surface area contributed by atoms with Crippen LogP contribution in [-0.2, 0) is 5.75 Å². The van der Waals surface area contributed by atoms with E-state index in [1.54, 1.807) is 42.5 Å². The minimum absolute atomic E-state index is 0.223. The van der Waals surface area contributed by atoms with E-state index in [2.05, 4.69) is 20.5 Å². The van der Waals surface area contributed by atoms with E-state index in [1.165, 1.54) is 51.9 Å². The molecule has 3 aromatic carbocycles. The second kappa shape index (κ2) is 9.08. The fourth-order valence-electron chi connectivity index (χ4n) is 3.23. The summed E-state index contributed by atoms with van der Waals surface area (Å²) in [4.78, 5) is 17.9. The molecule has 0 spiro atoms. The molecule has 33 heavy (non-hydrogen) atoms. The number of anilines is 2. The number of para-hydroxylation sites is 1. The first kappa shape index (κ1) is 21.2. The maximum Gasteiger partial charge on any atom is 0.265 e. The van der Waals surface area contributed by atoms with Crippen LogP contribution < -0.4 is 10.9 Å². The second-order valence-electron chi connectivity index (χ2n) is 6.96. The van der Waals surface area contributed by atoms with Gasteiger partial charge in [-0.2, -0.15) is 0 Å². The van der Waals surface area contributed by atoms with Crippen LogP contribution >= 0.6 is 23.1 Å². The van der Waals surface area contributed by atoms with Crippen molar-refractivity contribution in [3.8, 4) is 5.69 Å². The topological polar surface area (TPSA) is 72.7 Å². The summed E-state index contributed by atoms with van der Waals surface area (Å²) in [6.45, 7) is 0. The molecule has 0 amide bonds. The molecule has 2 aromatic heterocycles. The number of aromatic nitrogens is 4. The Labute approximate surface area is 195 Å². The van der Waals surface area contributed by atoms with Crippen LogP contribution in [0, 0.1) is 11.6 Å². The third-order valence-electron chi connectivity index (χ3n) is 4.76. The van der Waals surface area contributed by atoms with Crippen molar-refractivity contribution in [2.75, 3.05) is 5.32 Å². The van der Waals surface area contributed by atoms with E-state index >= 15 is 0 Å². The summed E-state index contributed by atoms with van der Waals surface area (Å²) >= 11 is 2.72. The zero-order valence-corrected chi connectivity index (χ0v) is 18.5. The fraction of sp³-hybridized carbons (Fsp3) is 0.0435. The second-order valence-corrected chi connectivity index (χ2v) is 9.16. The minimum Gasteiger partial charge on any atom is -0.330 e. The number of hydrogen-bond donors (Lipinski definition) is 1. The molecule has 0 bridgehead atoms. The monoisotopic (exact) mass is 479 g/mol. The van der Waals surface area contributed by atoms with Crippen LogP contribution in [0.2, 0.25) is 0 Å². The summed E-state index contributed by atoms with van der Waals surface area (Å²) in [6, 6.07) is 18.8. The molecule has 0 fully saturated rings. The van der Waals surface area contributed by atoms with E-state index in [0.717, 1.165) is 0 Å². The summed E-state index contributed by atoms with van der Waals surface area (Å²) < 4.78 is 28.7. The van der Waals surface area contributed by atoms with Gasteiger partial charge in [0.2, 0.25) is 5.13 Å². The van der Waals surface area contributed by atoms with Gasteiger partial charge in [-0.05, 0) is 60.7 Å². The van der Waals surface area contributed by atoms with Crippen LogP contribution in [0.5, 0.6) is 0 Å². The molecular weight excluding hydrogens is 464 g/mol. The molecule has 0 saturated heterocycles. The lowest BCUT2D eigenvalue weighted by Gasteiger charge is -2.13. The number of nitrogens with one attached hydrogen (secondary N) is 1. The fourth-order valence-corrected chi connectivity index (χ4v) is 4.93. The van der Waals surface area contributed by atoms with Gasteiger partial charge in [0.15, 0.2) is 4.34 Å². The first-order valence-corrected chi connectivity index (χ1v) is 11.6. The van der Waals surface area contributed by atoms with Crippen molar-refractivity contribution in [2.45, 2.75) is 10.1 Å². The summed E-state index contributed by atoms with van der Waals surface area (Å²) in [5.74, 6) is 0.164. The molecule has 0 aliphatic rings. The molecule has 0 aliphatic heterocycles. The maximum absolute atomic E-state index is 13.5. The van der Waals surface area contributed by atoms with E-state index in [4.69, 9.17) is 0 Å². The standard InChI is InChI=1S/C23H15F2N5OS2/c24-14-5-9-16(10-6-14)26-22-28-29-23(33-22)32-13-20-27-19-4-2-1-3-18(19)21(31)30(20)17-11-7-15(25)8-12-17/h1-12H,13H2,(H,26,28). The van der Waals surface area contributed by atoms with Crippen molar-refractivity contribution in [2.24, 2.45) is 0 Å². The Kier molecular flexibility index (Phi) is 5.84. The van der Waals surface area contributed by atoms with Gasteiger partial charge >= 0.3 is 0 Å². The largest absolute Gasteiger partial charge is 0.330 e. The Morgan fingerprint density at radius 2 is 1.61 bits per heavy atom. The highest BCUT2D eigenvalue weighted by Crippen LogP contribution is 2.30. The summed E-state index contributed by atoms with van der Waals surface area (Å²) in [6.07, 6.45) is 0. The number of rotatable bonds is 6. The van der Waals surface area contributed by atoms with Gasteiger partial charge in [0.1, 0.15) is 17.5 Å². The highest BCUT2D eigenvalue weighted by Gasteiger charge is 2.15. The Morgan fingerprint density at radius 1 is 0.909 bits per heavy atom. The van der Waals surface area contributed by atoms with Crippen molar-refractivity contribution in [1.82, 2.24) is 19.7 Å². The predicted molar refractivity (Wildman–Crippen MR) is 126 cm³/mol. The molecule has 164 valence electrons. The van der Waals surface area contributed by atoms with Gasteiger partial charge in [0, 0.05) is 5.69 Å². The molecule has 0 unspecified atom stereocenters. The minimum atomic E-state index is -0.383. The zero-order chi connectivity index (χ0) is 22.8. The van der Waals surface area contributed by atoms with Gasteiger partial charge in [-0.15, -0.1) is 10.2 Å². The Hall–Kier alpha value is -3.63. The molecule has 1 N–H and O–H groups in total. The Morgan fingerprint density at radius 3 is 2.36 bits per heavy atom. The molecule has 5 rings (SSSR count). The van der Waals surface area contributed by atoms with Gasteiger partial charge < -0.3 is 5.32 Å². The van der Waals surface area contributed by atoms with E-state index in [9.17, 15) is 13.6 Å². The molecule has 5 aromatic rings. The average Bonchev–Trinajstić information content (AvgIpc) is 3.27. The lowest BCUT2D eigenvalue weighted by molar-refractivity contribution is 0.627. The van der Waals surface area contributed by atoms with Crippen molar-refractivity contribution in [1.29, 1.82) is 0 Å². The summed E-state index contributed by atoms with van der Waals surface area (Å²) in [5.41, 5.74) is 1.60. The Balaban J connectivity index is 1.43. The number of thioether (sulfide) groups is 1. The number of nitrogens with zero attached hydrogens (tertiary/aromatic N) is 4. The predicted octanol–water partition coefficient (Wildman–Crippen LogP) is 5.55. The van der Waals surface area contributed by atoms with Crippen LogP contribution in [-0.4, -0.2) is 19.7 Å². The Bertz CT molecular complexity index is 1480. The quantitative estimate of drug-likeness (QED) is 0.322. The molecule has 0 atom stereocenters.